The molecule has 1 saturated heterocycles. The first-order valence-corrected chi connectivity index (χ1v) is 8.19. The van der Waals surface area contributed by atoms with Gasteiger partial charge in [0.25, 0.3) is 0 Å². The van der Waals surface area contributed by atoms with Crippen molar-refractivity contribution in [2.75, 3.05) is 32.6 Å². The van der Waals surface area contributed by atoms with Gasteiger partial charge >= 0.3 is 12.0 Å². The van der Waals surface area contributed by atoms with Crippen LogP contribution in [0.3, 0.4) is 0 Å². The number of nitrogens with zero attached hydrogens (tertiary/aromatic N) is 4. The van der Waals surface area contributed by atoms with E-state index in [1.165, 1.54) is 0 Å². The number of likely N-dealkylation sites (N-methyl/N-ethyl adjacent to an activating group) is 1. The van der Waals surface area contributed by atoms with Gasteiger partial charge in [0.1, 0.15) is 0 Å². The minimum atomic E-state index is -0.201. The lowest BCUT2D eigenvalue weighted by molar-refractivity contribution is 0.0906. The molecule has 1 saturated carbocycles. The predicted molar refractivity (Wildman–Crippen MR) is 84.2 cm³/mol. The Hall–Kier alpha value is -1.67. The molecule has 2 aliphatic rings. The first kappa shape index (κ1) is 16.2. The highest BCUT2D eigenvalue weighted by Gasteiger charge is 2.39. The summed E-state index contributed by atoms with van der Waals surface area (Å²) in [4.78, 5) is 20.7. The van der Waals surface area contributed by atoms with Crippen LogP contribution in [-0.4, -0.2) is 71.4 Å². The maximum atomic E-state index is 12.4. The van der Waals surface area contributed by atoms with Crippen LogP contribution in [0, 0.1) is 6.92 Å². The van der Waals surface area contributed by atoms with Gasteiger partial charge in [-0.05, 0) is 32.6 Å². The molecule has 1 aromatic rings. The number of nitrogens with one attached hydrogen (secondary N) is 1. The molecule has 8 heteroatoms. The zero-order chi connectivity index (χ0) is 16.4. The highest BCUT2D eigenvalue weighted by molar-refractivity contribution is 5.87. The van der Waals surface area contributed by atoms with Crippen molar-refractivity contribution < 1.29 is 14.1 Å². The average Bonchev–Trinajstić information content (AvgIpc) is 3.25. The number of hydrogen-bond donors (Lipinski definition) is 1. The molecule has 0 aromatic carbocycles. The topological polar surface area (TPSA) is 83.7 Å². The zero-order valence-corrected chi connectivity index (χ0v) is 14.0. The van der Waals surface area contributed by atoms with E-state index >= 15 is 0 Å². The molecule has 23 heavy (non-hydrogen) atoms. The molecular weight excluding hydrogens is 298 g/mol. The van der Waals surface area contributed by atoms with Crippen molar-refractivity contribution in [3.8, 4) is 0 Å². The van der Waals surface area contributed by atoms with Crippen molar-refractivity contribution in [3.05, 3.63) is 5.82 Å². The van der Waals surface area contributed by atoms with Crippen molar-refractivity contribution in [1.29, 1.82) is 0 Å². The second-order valence-corrected chi connectivity index (χ2v) is 6.39. The van der Waals surface area contributed by atoms with Crippen LogP contribution in [0.2, 0.25) is 0 Å². The van der Waals surface area contributed by atoms with Gasteiger partial charge in [-0.3, -0.25) is 10.2 Å². The number of rotatable bonds is 4. The summed E-state index contributed by atoms with van der Waals surface area (Å²) in [6.07, 6.45) is 4.67. The van der Waals surface area contributed by atoms with Crippen LogP contribution in [0.15, 0.2) is 4.52 Å². The number of urea groups is 1. The van der Waals surface area contributed by atoms with Gasteiger partial charge in [0.05, 0.1) is 6.10 Å². The molecule has 0 bridgehead atoms. The Labute approximate surface area is 136 Å². The lowest BCUT2D eigenvalue weighted by atomic mass is 10.1. The molecule has 8 nitrogen and oxygen atoms in total. The van der Waals surface area contributed by atoms with E-state index in [0.29, 0.717) is 18.0 Å². The van der Waals surface area contributed by atoms with Crippen LogP contribution in [0.25, 0.3) is 0 Å². The predicted octanol–water partition coefficient (Wildman–Crippen LogP) is 1.48. The summed E-state index contributed by atoms with van der Waals surface area (Å²) in [7, 11) is 3.61. The van der Waals surface area contributed by atoms with Crippen LogP contribution in [0.1, 0.15) is 31.5 Å². The molecule has 128 valence electrons. The Morgan fingerprint density at radius 1 is 1.43 bits per heavy atom. The maximum Gasteiger partial charge on any atom is 0.329 e. The molecular formula is C15H25N5O3. The molecule has 3 rings (SSSR count). The molecule has 1 unspecified atom stereocenters. The zero-order valence-electron chi connectivity index (χ0n) is 14.0. The molecule has 1 aliphatic heterocycles. The van der Waals surface area contributed by atoms with Crippen LogP contribution in [0.5, 0.6) is 0 Å². The maximum absolute atomic E-state index is 12.4. The van der Waals surface area contributed by atoms with Crippen LogP contribution in [-0.2, 0) is 4.74 Å². The molecule has 2 heterocycles. The molecule has 3 atom stereocenters. The highest BCUT2D eigenvalue weighted by atomic mass is 16.5. The third kappa shape index (κ3) is 3.48. The second kappa shape index (κ2) is 6.84. The first-order chi connectivity index (χ1) is 11.1. The quantitative estimate of drug-likeness (QED) is 0.903. The standard InChI is InChI=1S/C15H25N5O3/c1-10-16-14(23-18-10)17-15(21)19(2)12-5-4-6-13(12)20-8-7-11(9-20)22-3/h11-13H,4-9H2,1-3H3,(H,16,17,18,21)/t11?,12-,13+/m0/s1. The van der Waals surface area contributed by atoms with E-state index in [1.807, 2.05) is 7.05 Å². The number of likely N-dealkylation sites (tertiary alicyclic amines) is 1. The molecule has 2 amide bonds. The number of methoxy groups -OCH3 is 1. The lowest BCUT2D eigenvalue weighted by Crippen LogP contribution is -2.50. The number of ether oxygens (including phenoxy) is 1. The average molecular weight is 323 g/mol. The van der Waals surface area contributed by atoms with Crippen molar-refractivity contribution in [2.24, 2.45) is 0 Å². The van der Waals surface area contributed by atoms with E-state index in [-0.39, 0.29) is 18.1 Å². The Balaban J connectivity index is 1.61. The minimum absolute atomic E-state index is 0.148. The lowest BCUT2D eigenvalue weighted by Gasteiger charge is -2.34. The van der Waals surface area contributed by atoms with E-state index in [9.17, 15) is 4.79 Å². The monoisotopic (exact) mass is 323 g/mol. The highest BCUT2D eigenvalue weighted by Crippen LogP contribution is 2.31. The third-order valence-electron chi connectivity index (χ3n) is 4.98. The van der Waals surface area contributed by atoms with Crippen LogP contribution < -0.4 is 5.32 Å². The summed E-state index contributed by atoms with van der Waals surface area (Å²) in [5, 5.41) is 6.35. The van der Waals surface area contributed by atoms with E-state index in [1.54, 1.807) is 18.9 Å². The number of anilines is 1. The molecule has 1 aliphatic carbocycles. The van der Waals surface area contributed by atoms with E-state index in [0.717, 1.165) is 38.8 Å². The summed E-state index contributed by atoms with van der Waals surface area (Å²) in [6, 6.07) is 0.549. The number of amides is 2. The van der Waals surface area contributed by atoms with E-state index in [2.05, 4.69) is 20.4 Å². The summed E-state index contributed by atoms with van der Waals surface area (Å²) in [5.41, 5.74) is 0. The largest absolute Gasteiger partial charge is 0.380 e. The van der Waals surface area contributed by atoms with E-state index < -0.39 is 0 Å². The van der Waals surface area contributed by atoms with Crippen molar-refractivity contribution >= 4 is 12.0 Å². The fourth-order valence-electron chi connectivity index (χ4n) is 3.72. The Bertz CT molecular complexity index is 549. The third-order valence-corrected chi connectivity index (χ3v) is 4.98. The molecule has 1 aromatic heterocycles. The number of carbonyl (C=O) groups excluding carboxylic acids is 1. The van der Waals surface area contributed by atoms with Gasteiger partial charge in [0, 0.05) is 39.3 Å². The fraction of sp³-hybridized carbons (Fsp3) is 0.800. The molecule has 0 spiro atoms. The summed E-state index contributed by atoms with van der Waals surface area (Å²) >= 11 is 0. The minimum Gasteiger partial charge on any atom is -0.380 e. The first-order valence-electron chi connectivity index (χ1n) is 8.19. The van der Waals surface area contributed by atoms with Gasteiger partial charge in [-0.1, -0.05) is 5.16 Å². The smallest absolute Gasteiger partial charge is 0.329 e. The number of aromatic nitrogens is 2. The molecule has 1 N–H and O–H groups in total. The normalized spacial score (nSPS) is 28.2. The Morgan fingerprint density at radius 3 is 2.91 bits per heavy atom. The Morgan fingerprint density at radius 2 is 2.26 bits per heavy atom. The number of hydrogen-bond acceptors (Lipinski definition) is 6. The molecule has 2 fully saturated rings. The van der Waals surface area contributed by atoms with Gasteiger partial charge in [0.2, 0.25) is 0 Å². The SMILES string of the molecule is COC1CCN([C@@H]2CCC[C@@H]2N(C)C(=O)Nc2nc(C)no2)C1. The van der Waals surface area contributed by atoms with E-state index in [4.69, 9.17) is 9.26 Å². The summed E-state index contributed by atoms with van der Waals surface area (Å²) < 4.78 is 10.4. The van der Waals surface area contributed by atoms with Gasteiger partial charge in [-0.2, -0.15) is 4.98 Å². The van der Waals surface area contributed by atoms with Gasteiger partial charge < -0.3 is 14.2 Å². The summed E-state index contributed by atoms with van der Waals surface area (Å²) in [5.74, 6) is 0.504. The number of aryl methyl sites for hydroxylation is 1. The van der Waals surface area contributed by atoms with Crippen molar-refractivity contribution in [2.45, 2.75) is 50.8 Å². The number of carbonyl (C=O) groups is 1. The van der Waals surface area contributed by atoms with Gasteiger partial charge in [-0.25, -0.2) is 4.79 Å². The second-order valence-electron chi connectivity index (χ2n) is 6.39. The van der Waals surface area contributed by atoms with Gasteiger partial charge in [-0.15, -0.1) is 0 Å². The van der Waals surface area contributed by atoms with Crippen molar-refractivity contribution in [1.82, 2.24) is 19.9 Å². The molecule has 0 radical (unpaired) electrons. The van der Waals surface area contributed by atoms with Crippen LogP contribution >= 0.6 is 0 Å². The van der Waals surface area contributed by atoms with Crippen LogP contribution in [0.4, 0.5) is 10.8 Å². The fourth-order valence-corrected chi connectivity index (χ4v) is 3.72. The van der Waals surface area contributed by atoms with Crippen molar-refractivity contribution in [3.63, 3.8) is 0 Å². The van der Waals surface area contributed by atoms with Gasteiger partial charge in [0.15, 0.2) is 5.82 Å². The summed E-state index contributed by atoms with van der Waals surface area (Å²) in [6.45, 7) is 3.71. The Kier molecular flexibility index (Phi) is 4.82.